The molecule has 0 radical (unpaired) electrons. The van der Waals surface area contributed by atoms with Crippen LogP contribution in [0, 0.1) is 0 Å². The molecule has 4 atom stereocenters. The lowest BCUT2D eigenvalue weighted by molar-refractivity contribution is -0.210. The lowest BCUT2D eigenvalue weighted by atomic mass is 10.0. The van der Waals surface area contributed by atoms with Crippen molar-refractivity contribution in [2.24, 2.45) is 0 Å². The molecule has 1 aliphatic rings. The zero-order chi connectivity index (χ0) is 18.3. The first kappa shape index (κ1) is 22.6. The van der Waals surface area contributed by atoms with Gasteiger partial charge in [-0.05, 0) is 26.2 Å². The molecule has 5 heteroatoms. The van der Waals surface area contributed by atoms with Gasteiger partial charge in [-0.1, -0.05) is 57.1 Å². The van der Waals surface area contributed by atoms with Crippen LogP contribution in [0.4, 0.5) is 0 Å². The fourth-order valence-corrected chi connectivity index (χ4v) is 3.21. The second kappa shape index (κ2) is 14.7. The molecule has 0 aliphatic carbocycles. The predicted molar refractivity (Wildman–Crippen MR) is 99.6 cm³/mol. The van der Waals surface area contributed by atoms with Gasteiger partial charge in [0.1, 0.15) is 24.4 Å². The molecule has 0 aromatic rings. The van der Waals surface area contributed by atoms with E-state index in [0.29, 0.717) is 6.61 Å². The van der Waals surface area contributed by atoms with Gasteiger partial charge in [-0.15, -0.1) is 0 Å². The van der Waals surface area contributed by atoms with Gasteiger partial charge in [-0.2, -0.15) is 0 Å². The fourth-order valence-electron chi connectivity index (χ4n) is 3.21. The predicted octanol–water partition coefficient (Wildman–Crippen LogP) is 2.96. The van der Waals surface area contributed by atoms with Gasteiger partial charge in [0.2, 0.25) is 0 Å². The highest BCUT2D eigenvalue weighted by molar-refractivity contribution is 4.87. The van der Waals surface area contributed by atoms with Gasteiger partial charge in [-0.3, -0.25) is 0 Å². The van der Waals surface area contributed by atoms with Crippen molar-refractivity contribution in [2.45, 2.75) is 95.5 Å². The van der Waals surface area contributed by atoms with Gasteiger partial charge < -0.3 is 24.8 Å². The summed E-state index contributed by atoms with van der Waals surface area (Å²) >= 11 is 0. The first-order valence-corrected chi connectivity index (χ1v) is 10.0. The van der Waals surface area contributed by atoms with Crippen molar-refractivity contribution in [1.82, 2.24) is 0 Å². The topological polar surface area (TPSA) is 79.2 Å². The third kappa shape index (κ3) is 9.71. The summed E-state index contributed by atoms with van der Waals surface area (Å²) in [5.41, 5.74) is 0. The second-order valence-electron chi connectivity index (χ2n) is 6.99. The Balaban J connectivity index is 1.93. The normalized spacial score (nSPS) is 27.2. The maximum atomic E-state index is 10.0. The van der Waals surface area contributed by atoms with Crippen LogP contribution in [-0.2, 0) is 9.47 Å². The van der Waals surface area contributed by atoms with E-state index in [9.17, 15) is 10.2 Å². The molecule has 0 unspecified atom stereocenters. The van der Waals surface area contributed by atoms with Crippen molar-refractivity contribution in [3.05, 3.63) is 12.2 Å². The Morgan fingerprint density at radius 3 is 2.16 bits per heavy atom. The Morgan fingerprint density at radius 2 is 1.56 bits per heavy atom. The summed E-state index contributed by atoms with van der Waals surface area (Å²) in [5.74, 6) is 0. The Kier molecular flexibility index (Phi) is 13.3. The highest BCUT2D eigenvalue weighted by Gasteiger charge is 2.38. The van der Waals surface area contributed by atoms with E-state index in [1.165, 1.54) is 51.4 Å². The second-order valence-corrected chi connectivity index (χ2v) is 6.99. The largest absolute Gasteiger partial charge is 0.394 e. The van der Waals surface area contributed by atoms with Crippen molar-refractivity contribution in [3.63, 3.8) is 0 Å². The third-order valence-corrected chi connectivity index (χ3v) is 4.82. The van der Waals surface area contributed by atoms with Crippen molar-refractivity contribution in [1.29, 1.82) is 0 Å². The van der Waals surface area contributed by atoms with E-state index in [-0.39, 0.29) is 13.2 Å². The maximum absolute atomic E-state index is 10.0. The average Bonchev–Trinajstić information content (AvgIpc) is 2.61. The van der Waals surface area contributed by atoms with Crippen molar-refractivity contribution < 1.29 is 24.8 Å². The zero-order valence-electron chi connectivity index (χ0n) is 15.8. The molecular weight excluding hydrogens is 320 g/mol. The number of ether oxygens (including phenoxy) is 2. The summed E-state index contributed by atoms with van der Waals surface area (Å²) in [6.07, 6.45) is 13.6. The van der Waals surface area contributed by atoms with E-state index < -0.39 is 24.4 Å². The minimum Gasteiger partial charge on any atom is -0.394 e. The summed E-state index contributed by atoms with van der Waals surface area (Å²) < 4.78 is 10.8. The first-order valence-electron chi connectivity index (χ1n) is 10.0. The molecule has 1 fully saturated rings. The molecule has 148 valence electrons. The van der Waals surface area contributed by atoms with E-state index >= 15 is 0 Å². The number of unbranched alkanes of at least 4 members (excludes halogenated alkanes) is 9. The van der Waals surface area contributed by atoms with E-state index in [0.717, 1.165) is 12.8 Å². The Labute approximate surface area is 153 Å². The molecule has 0 bridgehead atoms. The Bertz CT molecular complexity index is 334. The highest BCUT2D eigenvalue weighted by Crippen LogP contribution is 2.19. The summed E-state index contributed by atoms with van der Waals surface area (Å²) in [6, 6.07) is 0. The summed E-state index contributed by atoms with van der Waals surface area (Å²) in [4.78, 5) is 0. The molecule has 25 heavy (non-hydrogen) atoms. The first-order chi connectivity index (χ1) is 12.2. The van der Waals surface area contributed by atoms with Crippen molar-refractivity contribution in [2.75, 3.05) is 19.8 Å². The molecule has 0 saturated carbocycles. The van der Waals surface area contributed by atoms with Crippen LogP contribution in [0.15, 0.2) is 12.2 Å². The number of aliphatic hydroxyl groups excluding tert-OH is 3. The fraction of sp³-hybridized carbons (Fsp3) is 0.900. The van der Waals surface area contributed by atoms with E-state index in [1.807, 2.05) is 0 Å². The van der Waals surface area contributed by atoms with Crippen LogP contribution in [0.5, 0.6) is 0 Å². The van der Waals surface area contributed by atoms with Gasteiger partial charge >= 0.3 is 0 Å². The molecule has 1 heterocycles. The molecular formula is C20H38O5. The maximum Gasteiger partial charge on any atom is 0.114 e. The van der Waals surface area contributed by atoms with Gasteiger partial charge in [0.25, 0.3) is 0 Å². The van der Waals surface area contributed by atoms with E-state index in [2.05, 4.69) is 19.1 Å². The molecule has 0 aromatic carbocycles. The number of hydrogen-bond donors (Lipinski definition) is 3. The average molecular weight is 359 g/mol. The summed E-state index contributed by atoms with van der Waals surface area (Å²) in [6.45, 7) is 2.44. The van der Waals surface area contributed by atoms with Crippen LogP contribution in [0.25, 0.3) is 0 Å². The summed E-state index contributed by atoms with van der Waals surface area (Å²) in [5, 5.41) is 29.0. The van der Waals surface area contributed by atoms with Crippen molar-refractivity contribution >= 4 is 0 Å². The van der Waals surface area contributed by atoms with Crippen LogP contribution in [0.2, 0.25) is 0 Å². The van der Waals surface area contributed by atoms with Gasteiger partial charge in [0.15, 0.2) is 0 Å². The van der Waals surface area contributed by atoms with Crippen LogP contribution in [0.3, 0.4) is 0 Å². The van der Waals surface area contributed by atoms with Crippen LogP contribution in [0.1, 0.15) is 71.1 Å². The quantitative estimate of drug-likeness (QED) is 0.329. The van der Waals surface area contributed by atoms with E-state index in [4.69, 9.17) is 14.6 Å². The van der Waals surface area contributed by atoms with Crippen molar-refractivity contribution in [3.8, 4) is 0 Å². The highest BCUT2D eigenvalue weighted by atomic mass is 16.6. The molecule has 0 aromatic heterocycles. The molecule has 0 amide bonds. The SMILES string of the molecule is C/C=C/CCCCCCCCCCCO[C@H]1[C@H](O)[C@@H](CO)OC[C@@H]1O. The van der Waals surface area contributed by atoms with E-state index in [1.54, 1.807) is 0 Å². The Hall–Kier alpha value is -0.460. The van der Waals surface area contributed by atoms with Gasteiger partial charge in [-0.25, -0.2) is 0 Å². The number of hydrogen-bond acceptors (Lipinski definition) is 5. The minimum atomic E-state index is -0.971. The van der Waals surface area contributed by atoms with Crippen LogP contribution in [-0.4, -0.2) is 59.6 Å². The molecule has 1 aliphatic heterocycles. The lowest BCUT2D eigenvalue weighted by Crippen LogP contribution is -2.55. The lowest BCUT2D eigenvalue weighted by Gasteiger charge is -2.37. The molecule has 3 N–H and O–H groups in total. The van der Waals surface area contributed by atoms with Crippen LogP contribution >= 0.6 is 0 Å². The van der Waals surface area contributed by atoms with Gasteiger partial charge in [0.05, 0.1) is 13.2 Å². The molecule has 1 rings (SSSR count). The number of aliphatic hydroxyl groups is 3. The molecule has 1 saturated heterocycles. The molecule has 0 spiro atoms. The monoisotopic (exact) mass is 358 g/mol. The van der Waals surface area contributed by atoms with Crippen LogP contribution < -0.4 is 0 Å². The number of rotatable bonds is 14. The number of allylic oxidation sites excluding steroid dienone is 2. The Morgan fingerprint density at radius 1 is 0.960 bits per heavy atom. The molecule has 5 nitrogen and oxygen atoms in total. The standard InChI is InChI=1S/C20H38O5/c1-2-3-4-5-6-7-8-9-10-11-12-13-14-24-20-17(22)16-25-18(15-21)19(20)23/h2-3,17-23H,4-16H2,1H3/b3-2+/t17-,18+,19+,20+/m0/s1. The summed E-state index contributed by atoms with van der Waals surface area (Å²) in [7, 11) is 0. The zero-order valence-corrected chi connectivity index (χ0v) is 15.8. The smallest absolute Gasteiger partial charge is 0.114 e. The third-order valence-electron chi connectivity index (χ3n) is 4.82. The minimum absolute atomic E-state index is 0.0989. The van der Waals surface area contributed by atoms with Gasteiger partial charge in [0, 0.05) is 6.61 Å².